The highest BCUT2D eigenvalue weighted by Gasteiger charge is 2.47. The lowest BCUT2D eigenvalue weighted by atomic mass is 10.1. The fourth-order valence-corrected chi connectivity index (χ4v) is 7.25. The molecule has 1 amide bonds. The van der Waals surface area contributed by atoms with Gasteiger partial charge in [-0.1, -0.05) is 0 Å². The van der Waals surface area contributed by atoms with Crippen molar-refractivity contribution in [3.63, 3.8) is 0 Å². The maximum atomic E-state index is 13.7. The highest BCUT2D eigenvalue weighted by molar-refractivity contribution is 6.00. The zero-order valence-corrected chi connectivity index (χ0v) is 25.6. The quantitative estimate of drug-likeness (QED) is 0.270. The molecule has 8 rings (SSSR count). The van der Waals surface area contributed by atoms with E-state index >= 15 is 0 Å². The van der Waals surface area contributed by atoms with Gasteiger partial charge in [-0.15, -0.1) is 0 Å². The SMILES string of the molecule is COC(=O)c1ccc(-c2ccc3cc(-c4nc5cc(C(=O)N6CC7CCC6[C@@H]7N)cc(OC)c5n4C)n(CC4CC4)c3n2)cn1. The molecule has 230 valence electrons. The topological polar surface area (TPSA) is 130 Å². The molecule has 1 aliphatic heterocycles. The van der Waals surface area contributed by atoms with Gasteiger partial charge in [-0.2, -0.15) is 0 Å². The predicted octanol–water partition coefficient (Wildman–Crippen LogP) is 4.42. The number of likely N-dealkylation sites (tertiary alicyclic amines) is 1. The fraction of sp³-hybridized carbons (Fsp3) is 0.382. The summed E-state index contributed by atoms with van der Waals surface area (Å²) in [5.41, 5.74) is 12.2. The molecule has 3 aliphatic rings. The third-order valence-electron chi connectivity index (χ3n) is 9.88. The molecule has 5 heterocycles. The van der Waals surface area contributed by atoms with Gasteiger partial charge >= 0.3 is 5.97 Å². The number of hydrogen-bond acceptors (Lipinski definition) is 8. The number of fused-ring (bicyclic) bond motifs is 4. The number of aromatic nitrogens is 5. The second kappa shape index (κ2) is 10.4. The first-order valence-corrected chi connectivity index (χ1v) is 15.5. The Morgan fingerprint density at radius 3 is 2.53 bits per heavy atom. The van der Waals surface area contributed by atoms with Crippen LogP contribution in [-0.2, 0) is 18.3 Å². The first-order chi connectivity index (χ1) is 21.8. The summed E-state index contributed by atoms with van der Waals surface area (Å²) in [6.07, 6.45) is 6.06. The molecule has 1 saturated heterocycles. The third kappa shape index (κ3) is 4.48. The smallest absolute Gasteiger partial charge is 0.356 e. The average Bonchev–Trinajstić information content (AvgIpc) is 3.47. The number of imidazole rings is 1. The molecule has 11 nitrogen and oxygen atoms in total. The van der Waals surface area contributed by atoms with Gasteiger partial charge in [0.25, 0.3) is 5.91 Å². The second-order valence-electron chi connectivity index (χ2n) is 12.6. The van der Waals surface area contributed by atoms with Crippen LogP contribution in [-0.4, -0.2) is 73.7 Å². The van der Waals surface area contributed by atoms with E-state index in [2.05, 4.69) is 21.7 Å². The molecule has 2 unspecified atom stereocenters. The van der Waals surface area contributed by atoms with Crippen LogP contribution in [0.15, 0.2) is 48.7 Å². The Morgan fingerprint density at radius 1 is 1.02 bits per heavy atom. The van der Waals surface area contributed by atoms with Gasteiger partial charge in [0.2, 0.25) is 0 Å². The molecule has 5 aromatic rings. The highest BCUT2D eigenvalue weighted by atomic mass is 16.5. The molecule has 45 heavy (non-hydrogen) atoms. The number of piperidine rings is 1. The van der Waals surface area contributed by atoms with Crippen molar-refractivity contribution >= 4 is 33.9 Å². The van der Waals surface area contributed by atoms with Crippen molar-refractivity contribution in [1.82, 2.24) is 29.0 Å². The number of nitrogens with two attached hydrogens (primary N) is 1. The minimum Gasteiger partial charge on any atom is -0.494 e. The van der Waals surface area contributed by atoms with Crippen molar-refractivity contribution in [2.75, 3.05) is 20.8 Å². The second-order valence-corrected chi connectivity index (χ2v) is 12.6. The molecule has 3 fully saturated rings. The van der Waals surface area contributed by atoms with E-state index in [-0.39, 0.29) is 23.7 Å². The Labute approximate surface area is 260 Å². The number of carbonyl (C=O) groups excluding carboxylic acids is 2. The van der Waals surface area contributed by atoms with Gasteiger partial charge in [0, 0.05) is 54.9 Å². The van der Waals surface area contributed by atoms with Gasteiger partial charge in [0.1, 0.15) is 22.6 Å². The minimum atomic E-state index is -0.476. The highest BCUT2D eigenvalue weighted by Crippen LogP contribution is 2.40. The first-order valence-electron chi connectivity index (χ1n) is 15.5. The van der Waals surface area contributed by atoms with E-state index in [4.69, 9.17) is 25.2 Å². The lowest BCUT2D eigenvalue weighted by Gasteiger charge is -2.27. The summed E-state index contributed by atoms with van der Waals surface area (Å²) in [7, 11) is 4.96. The Kier molecular flexibility index (Phi) is 6.42. The summed E-state index contributed by atoms with van der Waals surface area (Å²) in [5.74, 6) is 1.86. The maximum Gasteiger partial charge on any atom is 0.356 e. The van der Waals surface area contributed by atoms with Crippen molar-refractivity contribution in [1.29, 1.82) is 0 Å². The summed E-state index contributed by atoms with van der Waals surface area (Å²) in [6.45, 7) is 1.54. The summed E-state index contributed by atoms with van der Waals surface area (Å²) < 4.78 is 14.9. The van der Waals surface area contributed by atoms with E-state index in [0.717, 1.165) is 58.7 Å². The van der Waals surface area contributed by atoms with E-state index in [1.54, 1.807) is 19.4 Å². The van der Waals surface area contributed by atoms with E-state index in [0.29, 0.717) is 35.2 Å². The van der Waals surface area contributed by atoms with Gasteiger partial charge in [-0.05, 0) is 80.0 Å². The van der Waals surface area contributed by atoms with Crippen molar-refractivity contribution in [3.8, 4) is 28.5 Å². The average molecular weight is 606 g/mol. The summed E-state index contributed by atoms with van der Waals surface area (Å²) in [6, 6.07) is 13.5. The third-order valence-corrected chi connectivity index (χ3v) is 9.88. The van der Waals surface area contributed by atoms with Crippen LogP contribution in [0, 0.1) is 11.8 Å². The van der Waals surface area contributed by atoms with Crippen LogP contribution in [0.5, 0.6) is 5.75 Å². The molecular weight excluding hydrogens is 570 g/mol. The monoisotopic (exact) mass is 605 g/mol. The van der Waals surface area contributed by atoms with Crippen molar-refractivity contribution in [2.45, 2.75) is 44.3 Å². The van der Waals surface area contributed by atoms with Crippen LogP contribution in [0.4, 0.5) is 0 Å². The van der Waals surface area contributed by atoms with Gasteiger partial charge < -0.3 is 29.2 Å². The van der Waals surface area contributed by atoms with Gasteiger partial charge in [0.15, 0.2) is 5.82 Å². The molecular formula is C34H35N7O4. The largest absolute Gasteiger partial charge is 0.494 e. The van der Waals surface area contributed by atoms with Crippen molar-refractivity contribution < 1.29 is 19.1 Å². The Morgan fingerprint density at radius 2 is 1.87 bits per heavy atom. The number of amides is 1. The molecule has 11 heteroatoms. The van der Waals surface area contributed by atoms with Gasteiger partial charge in [0.05, 0.1) is 31.1 Å². The van der Waals surface area contributed by atoms with E-state index in [1.165, 1.54) is 20.0 Å². The summed E-state index contributed by atoms with van der Waals surface area (Å²) in [4.78, 5) is 42.0. The number of esters is 1. The van der Waals surface area contributed by atoms with Crippen LogP contribution in [0.3, 0.4) is 0 Å². The molecule has 1 aromatic carbocycles. The molecule has 0 radical (unpaired) electrons. The van der Waals surface area contributed by atoms with Crippen molar-refractivity contribution in [3.05, 3.63) is 59.9 Å². The fourth-order valence-electron chi connectivity index (χ4n) is 7.25. The molecule has 0 spiro atoms. The molecule has 2 bridgehead atoms. The first kappa shape index (κ1) is 27.8. The number of aryl methyl sites for hydroxylation is 1. The molecule has 4 aromatic heterocycles. The Hall–Kier alpha value is -4.77. The number of hydrogen-bond donors (Lipinski definition) is 1. The van der Waals surface area contributed by atoms with Crippen LogP contribution < -0.4 is 10.5 Å². The number of benzene rings is 1. The van der Waals surface area contributed by atoms with E-state index < -0.39 is 5.97 Å². The number of pyridine rings is 2. The molecule has 3 atom stereocenters. The zero-order chi connectivity index (χ0) is 31.0. The summed E-state index contributed by atoms with van der Waals surface area (Å²) in [5, 5.41) is 1.00. The lowest BCUT2D eigenvalue weighted by Crippen LogP contribution is -2.41. The van der Waals surface area contributed by atoms with Gasteiger partial charge in [-0.3, -0.25) is 4.79 Å². The number of nitrogens with zero attached hydrogens (tertiary/aromatic N) is 6. The number of carbonyl (C=O) groups is 2. The molecule has 2 N–H and O–H groups in total. The van der Waals surface area contributed by atoms with Crippen LogP contribution in [0.25, 0.3) is 44.8 Å². The number of methoxy groups -OCH3 is 2. The van der Waals surface area contributed by atoms with E-state index in [1.807, 2.05) is 40.8 Å². The number of rotatable bonds is 7. The molecule has 2 aliphatic carbocycles. The predicted molar refractivity (Wildman–Crippen MR) is 169 cm³/mol. The van der Waals surface area contributed by atoms with Gasteiger partial charge in [-0.25, -0.2) is 19.7 Å². The Balaban J connectivity index is 1.21. The van der Waals surface area contributed by atoms with Crippen molar-refractivity contribution in [2.24, 2.45) is 24.6 Å². The maximum absolute atomic E-state index is 13.7. The normalized spacial score (nSPS) is 20.8. The Bertz CT molecular complexity index is 1990. The minimum absolute atomic E-state index is 0.0151. The summed E-state index contributed by atoms with van der Waals surface area (Å²) >= 11 is 0. The number of ether oxygens (including phenoxy) is 2. The van der Waals surface area contributed by atoms with Crippen LogP contribution in [0.2, 0.25) is 0 Å². The van der Waals surface area contributed by atoms with Crippen LogP contribution >= 0.6 is 0 Å². The van der Waals surface area contributed by atoms with E-state index in [9.17, 15) is 9.59 Å². The standard InChI is InChI=1S/C34H35N7O4/c1-39-30-25(12-22(14-28(30)44-2)33(42)41-17-21-8-11-26(41)29(21)35)38-32(39)27-13-19-6-9-23(37-31(19)40(27)16-18-4-5-18)20-7-10-24(36-15-20)34(43)45-3/h6-7,9-10,12-15,18,21,26,29H,4-5,8,11,16-17,35H2,1-3H3/t21?,26?,29-/m1/s1. The van der Waals surface area contributed by atoms with Crippen LogP contribution in [0.1, 0.15) is 46.5 Å². The molecule has 2 saturated carbocycles. The lowest BCUT2D eigenvalue weighted by molar-refractivity contribution is 0.0593. The zero-order valence-electron chi connectivity index (χ0n) is 25.6.